The third-order valence-corrected chi connectivity index (χ3v) is 6.54. The lowest BCUT2D eigenvalue weighted by Gasteiger charge is -2.33. The summed E-state index contributed by atoms with van der Waals surface area (Å²) in [5.74, 6) is 2.65. The van der Waals surface area contributed by atoms with Crippen molar-refractivity contribution in [2.24, 2.45) is 0 Å². The van der Waals surface area contributed by atoms with Crippen molar-refractivity contribution in [2.45, 2.75) is 25.8 Å². The predicted octanol–water partition coefficient (Wildman–Crippen LogP) is 5.01. The van der Waals surface area contributed by atoms with Gasteiger partial charge in [-0.2, -0.15) is 5.26 Å². The number of thiophene rings is 1. The summed E-state index contributed by atoms with van der Waals surface area (Å²) in [5.41, 5.74) is 2.96. The number of pyridine rings is 1. The zero-order valence-electron chi connectivity index (χ0n) is 17.2. The van der Waals surface area contributed by atoms with Crippen LogP contribution in [-0.2, 0) is 0 Å². The van der Waals surface area contributed by atoms with Gasteiger partial charge in [0.1, 0.15) is 28.4 Å². The molecule has 1 aliphatic heterocycles. The first-order valence-electron chi connectivity index (χ1n) is 10.4. The fourth-order valence-corrected chi connectivity index (χ4v) is 5.06. The number of piperidine rings is 1. The fourth-order valence-electron chi connectivity index (χ4n) is 4.07. The van der Waals surface area contributed by atoms with E-state index in [9.17, 15) is 0 Å². The molecule has 0 spiro atoms. The Labute approximate surface area is 185 Å². The Bertz CT molecular complexity index is 1240. The maximum Gasteiger partial charge on any atom is 0.139 e. The first kappa shape index (κ1) is 19.5. The number of nitrogens with zero attached hydrogens (tertiary/aromatic N) is 5. The molecule has 0 bridgehead atoms. The average molecular weight is 427 g/mol. The van der Waals surface area contributed by atoms with Crippen molar-refractivity contribution in [1.82, 2.24) is 15.0 Å². The topological polar surface area (TPSA) is 77.7 Å². The highest BCUT2D eigenvalue weighted by molar-refractivity contribution is 7.17. The van der Waals surface area contributed by atoms with E-state index in [1.807, 2.05) is 25.1 Å². The molecular weight excluding hydrogens is 404 g/mol. The average Bonchev–Trinajstić information content (AvgIpc) is 3.24. The highest BCUT2D eigenvalue weighted by Gasteiger charge is 2.22. The number of nitriles is 1. The molecule has 0 unspecified atom stereocenters. The van der Waals surface area contributed by atoms with Crippen LogP contribution in [0.4, 0.5) is 11.6 Å². The van der Waals surface area contributed by atoms with E-state index in [-0.39, 0.29) is 0 Å². The quantitative estimate of drug-likeness (QED) is 0.494. The van der Waals surface area contributed by atoms with Gasteiger partial charge in [0.25, 0.3) is 0 Å². The van der Waals surface area contributed by atoms with Gasteiger partial charge >= 0.3 is 0 Å². The van der Waals surface area contributed by atoms with Gasteiger partial charge in [0.05, 0.1) is 10.9 Å². The van der Waals surface area contributed by atoms with Crippen molar-refractivity contribution in [3.8, 4) is 17.2 Å². The molecule has 7 heteroatoms. The molecule has 0 saturated carbocycles. The maximum atomic E-state index is 8.96. The molecule has 0 amide bonds. The van der Waals surface area contributed by atoms with E-state index >= 15 is 0 Å². The fraction of sp³-hybridized carbons (Fsp3) is 0.250. The summed E-state index contributed by atoms with van der Waals surface area (Å²) in [6, 6.07) is 16.7. The Kier molecular flexibility index (Phi) is 5.23. The van der Waals surface area contributed by atoms with Gasteiger partial charge in [0, 0.05) is 36.3 Å². The molecule has 1 aliphatic rings. The molecular formula is C24H22N6S. The largest absolute Gasteiger partial charge is 0.367 e. The molecule has 6 nitrogen and oxygen atoms in total. The van der Waals surface area contributed by atoms with Crippen LogP contribution in [0.1, 0.15) is 24.2 Å². The standard InChI is InChI=1S/C24H22N6S/c1-16-27-23(22-20(15-31-24(22)28-16)18-5-3-2-4-6-18)29-19-9-11-30(12-10-19)21-8-7-17(13-25)14-26-21/h2-8,14-15,19H,9-12H2,1H3,(H,27,28,29). The lowest BCUT2D eigenvalue weighted by Crippen LogP contribution is -2.39. The smallest absolute Gasteiger partial charge is 0.139 e. The van der Waals surface area contributed by atoms with Gasteiger partial charge in [0.2, 0.25) is 0 Å². The van der Waals surface area contributed by atoms with E-state index in [1.54, 1.807) is 17.5 Å². The van der Waals surface area contributed by atoms with E-state index in [2.05, 4.69) is 55.9 Å². The predicted molar refractivity (Wildman–Crippen MR) is 125 cm³/mol. The van der Waals surface area contributed by atoms with Crippen molar-refractivity contribution in [1.29, 1.82) is 5.26 Å². The van der Waals surface area contributed by atoms with Crippen LogP contribution in [0.5, 0.6) is 0 Å². The van der Waals surface area contributed by atoms with Crippen molar-refractivity contribution in [2.75, 3.05) is 23.3 Å². The Morgan fingerprint density at radius 1 is 1.10 bits per heavy atom. The first-order chi connectivity index (χ1) is 15.2. The van der Waals surface area contributed by atoms with Crippen molar-refractivity contribution in [3.63, 3.8) is 0 Å². The molecule has 0 atom stereocenters. The Morgan fingerprint density at radius 3 is 2.61 bits per heavy atom. The molecule has 1 N–H and O–H groups in total. The number of benzene rings is 1. The van der Waals surface area contributed by atoms with E-state index < -0.39 is 0 Å². The molecule has 31 heavy (non-hydrogen) atoms. The SMILES string of the molecule is Cc1nc(NC2CCN(c3ccc(C#N)cn3)CC2)c2c(-c3ccccc3)csc2n1. The summed E-state index contributed by atoms with van der Waals surface area (Å²) >= 11 is 1.67. The Hall–Kier alpha value is -3.50. The zero-order chi connectivity index (χ0) is 21.2. The number of aryl methyl sites for hydroxylation is 1. The third-order valence-electron chi connectivity index (χ3n) is 5.67. The van der Waals surface area contributed by atoms with E-state index in [0.29, 0.717) is 11.6 Å². The van der Waals surface area contributed by atoms with E-state index in [4.69, 9.17) is 10.2 Å². The van der Waals surface area contributed by atoms with Gasteiger partial charge in [-0.05, 0) is 37.5 Å². The molecule has 0 aliphatic carbocycles. The highest BCUT2D eigenvalue weighted by Crippen LogP contribution is 2.37. The second kappa shape index (κ2) is 8.32. The molecule has 5 rings (SSSR count). The minimum Gasteiger partial charge on any atom is -0.367 e. The summed E-state index contributed by atoms with van der Waals surface area (Å²) < 4.78 is 0. The van der Waals surface area contributed by atoms with Crippen LogP contribution >= 0.6 is 11.3 Å². The zero-order valence-corrected chi connectivity index (χ0v) is 18.1. The number of fused-ring (bicyclic) bond motifs is 1. The monoisotopic (exact) mass is 426 g/mol. The lowest BCUT2D eigenvalue weighted by molar-refractivity contribution is 0.522. The molecule has 1 aromatic carbocycles. The second-order valence-electron chi connectivity index (χ2n) is 7.74. The number of hydrogen-bond donors (Lipinski definition) is 1. The van der Waals surface area contributed by atoms with Gasteiger partial charge in [-0.25, -0.2) is 15.0 Å². The van der Waals surface area contributed by atoms with Crippen LogP contribution < -0.4 is 10.2 Å². The van der Waals surface area contributed by atoms with Crippen LogP contribution in [0.15, 0.2) is 54.0 Å². The molecule has 3 aromatic heterocycles. The van der Waals surface area contributed by atoms with Gasteiger partial charge < -0.3 is 10.2 Å². The molecule has 1 fully saturated rings. The molecule has 0 radical (unpaired) electrons. The summed E-state index contributed by atoms with van der Waals surface area (Å²) in [5, 5.41) is 16.0. The Balaban J connectivity index is 1.36. The van der Waals surface area contributed by atoms with Crippen LogP contribution in [0.2, 0.25) is 0 Å². The van der Waals surface area contributed by atoms with Crippen molar-refractivity contribution < 1.29 is 0 Å². The van der Waals surface area contributed by atoms with Crippen LogP contribution in [0, 0.1) is 18.3 Å². The van der Waals surface area contributed by atoms with E-state index in [0.717, 1.165) is 53.6 Å². The van der Waals surface area contributed by atoms with Gasteiger partial charge in [-0.15, -0.1) is 11.3 Å². The molecule has 1 saturated heterocycles. The summed E-state index contributed by atoms with van der Waals surface area (Å²) in [6.45, 7) is 3.78. The number of aromatic nitrogens is 3. The van der Waals surface area contributed by atoms with Crippen LogP contribution in [0.3, 0.4) is 0 Å². The van der Waals surface area contributed by atoms with Gasteiger partial charge in [-0.3, -0.25) is 0 Å². The van der Waals surface area contributed by atoms with E-state index in [1.165, 1.54) is 11.1 Å². The van der Waals surface area contributed by atoms with Gasteiger partial charge in [0.15, 0.2) is 0 Å². The normalized spacial score (nSPS) is 14.5. The molecule has 4 heterocycles. The summed E-state index contributed by atoms with van der Waals surface area (Å²) in [4.78, 5) is 17.2. The van der Waals surface area contributed by atoms with Crippen molar-refractivity contribution >= 4 is 33.2 Å². The first-order valence-corrected chi connectivity index (χ1v) is 11.3. The molecule has 4 aromatic rings. The van der Waals surface area contributed by atoms with Crippen molar-refractivity contribution in [3.05, 3.63) is 65.4 Å². The minimum atomic E-state index is 0.343. The highest BCUT2D eigenvalue weighted by atomic mass is 32.1. The number of rotatable bonds is 4. The third kappa shape index (κ3) is 3.94. The lowest BCUT2D eigenvalue weighted by atomic mass is 10.0. The maximum absolute atomic E-state index is 8.96. The molecule has 154 valence electrons. The van der Waals surface area contributed by atoms with Crippen LogP contribution in [-0.4, -0.2) is 34.1 Å². The summed E-state index contributed by atoms with van der Waals surface area (Å²) in [6.07, 6.45) is 3.63. The van der Waals surface area contributed by atoms with Gasteiger partial charge in [-0.1, -0.05) is 30.3 Å². The summed E-state index contributed by atoms with van der Waals surface area (Å²) in [7, 11) is 0. The second-order valence-corrected chi connectivity index (χ2v) is 8.60. The number of hydrogen-bond acceptors (Lipinski definition) is 7. The number of nitrogens with one attached hydrogen (secondary N) is 1. The minimum absolute atomic E-state index is 0.343. The number of anilines is 2. The van der Waals surface area contributed by atoms with Crippen LogP contribution in [0.25, 0.3) is 21.3 Å². The Morgan fingerprint density at radius 2 is 1.90 bits per heavy atom.